The smallest absolute Gasteiger partial charge is 0.0687 e. The average Bonchev–Trinajstić information content (AvgIpc) is 2.79. The Morgan fingerprint density at radius 1 is 1.58 bits per heavy atom. The first-order chi connectivity index (χ1) is 5.81. The lowest BCUT2D eigenvalue weighted by Crippen LogP contribution is -1.90. The van der Waals surface area contributed by atoms with Crippen LogP contribution in [0.2, 0.25) is 0 Å². The molecule has 0 radical (unpaired) electrons. The van der Waals surface area contributed by atoms with Crippen molar-refractivity contribution in [2.75, 3.05) is 0 Å². The SMILES string of the molecule is CCCc1cn(C)nc1C1CC1. The number of hydrogen-bond donors (Lipinski definition) is 0. The van der Waals surface area contributed by atoms with Crippen molar-refractivity contribution < 1.29 is 0 Å². The summed E-state index contributed by atoms with van der Waals surface area (Å²) in [6.45, 7) is 2.23. The second kappa shape index (κ2) is 2.92. The lowest BCUT2D eigenvalue weighted by atomic mass is 10.1. The number of aryl methyl sites for hydroxylation is 2. The van der Waals surface area contributed by atoms with Crippen LogP contribution in [-0.4, -0.2) is 9.78 Å². The zero-order chi connectivity index (χ0) is 8.55. The molecule has 2 nitrogen and oxygen atoms in total. The Labute approximate surface area is 73.6 Å². The summed E-state index contributed by atoms with van der Waals surface area (Å²) in [5, 5.41) is 4.51. The topological polar surface area (TPSA) is 17.8 Å². The molecule has 1 aliphatic carbocycles. The molecule has 2 rings (SSSR count). The average molecular weight is 164 g/mol. The predicted molar refractivity (Wildman–Crippen MR) is 49.2 cm³/mol. The molecule has 66 valence electrons. The number of nitrogens with zero attached hydrogens (tertiary/aromatic N) is 2. The standard InChI is InChI=1S/C10H16N2/c1-3-4-9-7-12(2)11-10(9)8-5-6-8/h7-8H,3-6H2,1-2H3. The van der Waals surface area contributed by atoms with Gasteiger partial charge in [-0.05, 0) is 24.8 Å². The number of hydrogen-bond acceptors (Lipinski definition) is 1. The monoisotopic (exact) mass is 164 g/mol. The lowest BCUT2D eigenvalue weighted by Gasteiger charge is -1.95. The van der Waals surface area contributed by atoms with Crippen LogP contribution in [0.15, 0.2) is 6.20 Å². The van der Waals surface area contributed by atoms with Gasteiger partial charge in [0.25, 0.3) is 0 Å². The van der Waals surface area contributed by atoms with Gasteiger partial charge in [-0.25, -0.2) is 0 Å². The van der Waals surface area contributed by atoms with Crippen LogP contribution >= 0.6 is 0 Å². The molecule has 0 spiro atoms. The van der Waals surface area contributed by atoms with Crippen molar-refractivity contribution in [1.29, 1.82) is 0 Å². The minimum absolute atomic E-state index is 0.799. The van der Waals surface area contributed by atoms with Crippen LogP contribution in [0.1, 0.15) is 43.4 Å². The quantitative estimate of drug-likeness (QED) is 0.670. The summed E-state index contributed by atoms with van der Waals surface area (Å²) >= 11 is 0. The Morgan fingerprint density at radius 2 is 2.33 bits per heavy atom. The van der Waals surface area contributed by atoms with E-state index in [1.54, 1.807) is 0 Å². The van der Waals surface area contributed by atoms with E-state index in [1.807, 2.05) is 11.7 Å². The molecule has 1 aromatic heterocycles. The van der Waals surface area contributed by atoms with Crippen molar-refractivity contribution in [2.24, 2.45) is 7.05 Å². The molecule has 2 heteroatoms. The van der Waals surface area contributed by atoms with E-state index in [0.717, 1.165) is 5.92 Å². The summed E-state index contributed by atoms with van der Waals surface area (Å²) < 4.78 is 1.96. The molecular weight excluding hydrogens is 148 g/mol. The van der Waals surface area contributed by atoms with Crippen LogP contribution in [0.4, 0.5) is 0 Å². The summed E-state index contributed by atoms with van der Waals surface area (Å²) in [4.78, 5) is 0. The molecule has 0 bridgehead atoms. The van der Waals surface area contributed by atoms with E-state index >= 15 is 0 Å². The van der Waals surface area contributed by atoms with Crippen molar-refractivity contribution in [3.63, 3.8) is 0 Å². The number of aromatic nitrogens is 2. The molecule has 0 N–H and O–H groups in total. The minimum atomic E-state index is 0.799. The third kappa shape index (κ3) is 1.38. The highest BCUT2D eigenvalue weighted by Crippen LogP contribution is 2.40. The van der Waals surface area contributed by atoms with Crippen LogP contribution in [-0.2, 0) is 13.5 Å². The van der Waals surface area contributed by atoms with Gasteiger partial charge in [0.1, 0.15) is 0 Å². The second-order valence-corrected chi connectivity index (χ2v) is 3.74. The molecule has 1 saturated carbocycles. The first-order valence-electron chi connectivity index (χ1n) is 4.83. The molecule has 1 fully saturated rings. The molecule has 0 atom stereocenters. The third-order valence-corrected chi connectivity index (χ3v) is 2.42. The Morgan fingerprint density at radius 3 is 2.92 bits per heavy atom. The first-order valence-corrected chi connectivity index (χ1v) is 4.83. The zero-order valence-electron chi connectivity index (χ0n) is 7.88. The maximum absolute atomic E-state index is 4.51. The third-order valence-electron chi connectivity index (χ3n) is 2.42. The highest BCUT2D eigenvalue weighted by molar-refractivity contribution is 5.24. The molecule has 0 saturated heterocycles. The molecule has 0 amide bonds. The van der Waals surface area contributed by atoms with E-state index in [9.17, 15) is 0 Å². The van der Waals surface area contributed by atoms with Gasteiger partial charge in [0.15, 0.2) is 0 Å². The van der Waals surface area contributed by atoms with Crippen LogP contribution in [0, 0.1) is 0 Å². The molecular formula is C10H16N2. The Kier molecular flexibility index (Phi) is 1.91. The molecule has 1 aliphatic rings. The molecule has 0 unspecified atom stereocenters. The van der Waals surface area contributed by atoms with Gasteiger partial charge in [-0.15, -0.1) is 0 Å². The Bertz CT molecular complexity index is 271. The van der Waals surface area contributed by atoms with Crippen LogP contribution in [0.25, 0.3) is 0 Å². The summed E-state index contributed by atoms with van der Waals surface area (Å²) in [5.41, 5.74) is 2.85. The van der Waals surface area contributed by atoms with E-state index in [1.165, 1.54) is 36.9 Å². The van der Waals surface area contributed by atoms with Crippen molar-refractivity contribution >= 4 is 0 Å². The maximum Gasteiger partial charge on any atom is 0.0687 e. The lowest BCUT2D eigenvalue weighted by molar-refractivity contribution is 0.744. The van der Waals surface area contributed by atoms with Crippen molar-refractivity contribution in [2.45, 2.75) is 38.5 Å². The second-order valence-electron chi connectivity index (χ2n) is 3.74. The molecule has 12 heavy (non-hydrogen) atoms. The molecule has 0 aromatic carbocycles. The normalized spacial score (nSPS) is 16.8. The van der Waals surface area contributed by atoms with Gasteiger partial charge in [0.2, 0.25) is 0 Å². The van der Waals surface area contributed by atoms with E-state index in [2.05, 4.69) is 18.2 Å². The largest absolute Gasteiger partial charge is 0.275 e. The van der Waals surface area contributed by atoms with Gasteiger partial charge in [-0.2, -0.15) is 5.10 Å². The maximum atomic E-state index is 4.51. The number of rotatable bonds is 3. The van der Waals surface area contributed by atoms with Gasteiger partial charge in [-0.3, -0.25) is 4.68 Å². The minimum Gasteiger partial charge on any atom is -0.275 e. The summed E-state index contributed by atoms with van der Waals surface area (Å²) in [6, 6.07) is 0. The van der Waals surface area contributed by atoms with Crippen LogP contribution in [0.3, 0.4) is 0 Å². The van der Waals surface area contributed by atoms with Crippen molar-refractivity contribution in [3.8, 4) is 0 Å². The first kappa shape index (κ1) is 7.84. The molecule has 0 aliphatic heterocycles. The fourth-order valence-corrected chi connectivity index (χ4v) is 1.72. The van der Waals surface area contributed by atoms with Gasteiger partial charge in [0.05, 0.1) is 5.69 Å². The van der Waals surface area contributed by atoms with Gasteiger partial charge >= 0.3 is 0 Å². The van der Waals surface area contributed by atoms with E-state index < -0.39 is 0 Å². The summed E-state index contributed by atoms with van der Waals surface area (Å²) in [5.74, 6) is 0.799. The van der Waals surface area contributed by atoms with E-state index in [-0.39, 0.29) is 0 Å². The zero-order valence-corrected chi connectivity index (χ0v) is 7.88. The Hall–Kier alpha value is -0.790. The van der Waals surface area contributed by atoms with Crippen molar-refractivity contribution in [3.05, 3.63) is 17.5 Å². The Balaban J connectivity index is 2.24. The fourth-order valence-electron chi connectivity index (χ4n) is 1.72. The summed E-state index contributed by atoms with van der Waals surface area (Å²) in [6.07, 6.45) is 7.31. The molecule has 1 aromatic rings. The van der Waals surface area contributed by atoms with E-state index in [4.69, 9.17) is 0 Å². The van der Waals surface area contributed by atoms with Crippen LogP contribution in [0.5, 0.6) is 0 Å². The highest BCUT2D eigenvalue weighted by atomic mass is 15.3. The predicted octanol–water partition coefficient (Wildman–Crippen LogP) is 2.25. The van der Waals surface area contributed by atoms with E-state index in [0.29, 0.717) is 0 Å². The van der Waals surface area contributed by atoms with Gasteiger partial charge in [-0.1, -0.05) is 13.3 Å². The van der Waals surface area contributed by atoms with Crippen LogP contribution < -0.4 is 0 Å². The highest BCUT2D eigenvalue weighted by Gasteiger charge is 2.28. The summed E-state index contributed by atoms with van der Waals surface area (Å²) in [7, 11) is 2.02. The fraction of sp³-hybridized carbons (Fsp3) is 0.700. The van der Waals surface area contributed by atoms with Crippen molar-refractivity contribution in [1.82, 2.24) is 9.78 Å². The van der Waals surface area contributed by atoms with Gasteiger partial charge in [0, 0.05) is 19.2 Å². The molecule has 1 heterocycles. The van der Waals surface area contributed by atoms with Gasteiger partial charge < -0.3 is 0 Å².